The summed E-state index contributed by atoms with van der Waals surface area (Å²) in [4.78, 5) is 0. The summed E-state index contributed by atoms with van der Waals surface area (Å²) >= 11 is 11.9. The minimum atomic E-state index is -0.115. The van der Waals surface area contributed by atoms with Crippen LogP contribution in [0.4, 0.5) is 0 Å². The highest BCUT2D eigenvalue weighted by Gasteiger charge is 2.07. The van der Waals surface area contributed by atoms with Gasteiger partial charge in [-0.15, -0.1) is 5.10 Å². The summed E-state index contributed by atoms with van der Waals surface area (Å²) in [7, 11) is 1.56. The van der Waals surface area contributed by atoms with Gasteiger partial charge in [-0.1, -0.05) is 29.3 Å². The monoisotopic (exact) mass is 366 g/mol. The SMILES string of the molecule is COc1ccc(/C=N\N=C(N)N)cc1OCc1ccc(Cl)c(Cl)c1. The molecule has 2 aromatic rings. The molecule has 0 saturated carbocycles. The molecule has 6 nitrogen and oxygen atoms in total. The first-order valence-electron chi connectivity index (χ1n) is 6.86. The second-order valence-corrected chi connectivity index (χ2v) is 5.53. The van der Waals surface area contributed by atoms with E-state index < -0.39 is 0 Å². The van der Waals surface area contributed by atoms with Crippen molar-refractivity contribution in [3.63, 3.8) is 0 Å². The fraction of sp³-hybridized carbons (Fsp3) is 0.125. The third-order valence-corrected chi connectivity index (χ3v) is 3.69. The lowest BCUT2D eigenvalue weighted by Gasteiger charge is -2.11. The molecule has 0 amide bonds. The molecule has 0 unspecified atom stereocenters. The molecule has 24 heavy (non-hydrogen) atoms. The van der Waals surface area contributed by atoms with E-state index in [-0.39, 0.29) is 5.96 Å². The zero-order valence-electron chi connectivity index (χ0n) is 12.9. The van der Waals surface area contributed by atoms with Gasteiger partial charge < -0.3 is 20.9 Å². The number of halogens is 2. The minimum absolute atomic E-state index is 0.115. The number of hydrogen-bond acceptors (Lipinski definition) is 4. The summed E-state index contributed by atoms with van der Waals surface area (Å²) < 4.78 is 11.1. The number of methoxy groups -OCH3 is 1. The predicted octanol–water partition coefficient (Wildman–Crippen LogP) is 3.19. The average Bonchev–Trinajstić information content (AvgIpc) is 2.56. The highest BCUT2D eigenvalue weighted by molar-refractivity contribution is 6.42. The molecule has 0 aliphatic carbocycles. The maximum absolute atomic E-state index is 6.00. The fourth-order valence-corrected chi connectivity index (χ4v) is 2.16. The van der Waals surface area contributed by atoms with Crippen LogP contribution in [0.3, 0.4) is 0 Å². The molecule has 0 bridgehead atoms. The van der Waals surface area contributed by atoms with Crippen molar-refractivity contribution in [2.24, 2.45) is 21.7 Å². The summed E-state index contributed by atoms with van der Waals surface area (Å²) in [6.45, 7) is 0.307. The van der Waals surface area contributed by atoms with Gasteiger partial charge in [0.2, 0.25) is 5.96 Å². The number of rotatable bonds is 6. The van der Waals surface area contributed by atoms with E-state index in [1.54, 1.807) is 37.4 Å². The van der Waals surface area contributed by atoms with Crippen LogP contribution in [0.15, 0.2) is 46.6 Å². The van der Waals surface area contributed by atoms with Gasteiger partial charge in [-0.3, -0.25) is 0 Å². The van der Waals surface area contributed by atoms with E-state index in [1.807, 2.05) is 6.07 Å². The summed E-state index contributed by atoms with van der Waals surface area (Å²) in [5, 5.41) is 8.28. The van der Waals surface area contributed by atoms with E-state index in [4.69, 9.17) is 44.1 Å². The second kappa shape index (κ2) is 8.42. The van der Waals surface area contributed by atoms with Crippen LogP contribution < -0.4 is 20.9 Å². The Balaban J connectivity index is 2.16. The first-order valence-corrected chi connectivity index (χ1v) is 7.62. The summed E-state index contributed by atoms with van der Waals surface area (Å²) in [6, 6.07) is 10.6. The normalized spacial score (nSPS) is 10.6. The van der Waals surface area contributed by atoms with E-state index in [2.05, 4.69) is 10.2 Å². The average molecular weight is 367 g/mol. The van der Waals surface area contributed by atoms with Crippen molar-refractivity contribution in [1.82, 2.24) is 0 Å². The van der Waals surface area contributed by atoms with Crippen LogP contribution in [0.1, 0.15) is 11.1 Å². The maximum Gasteiger partial charge on any atom is 0.211 e. The van der Waals surface area contributed by atoms with Crippen LogP contribution in [0.2, 0.25) is 10.0 Å². The van der Waals surface area contributed by atoms with Crippen LogP contribution in [-0.2, 0) is 6.61 Å². The Morgan fingerprint density at radius 1 is 1.08 bits per heavy atom. The van der Waals surface area contributed by atoms with Crippen molar-refractivity contribution >= 4 is 35.4 Å². The van der Waals surface area contributed by atoms with Crippen LogP contribution in [0.5, 0.6) is 11.5 Å². The van der Waals surface area contributed by atoms with E-state index >= 15 is 0 Å². The minimum Gasteiger partial charge on any atom is -0.493 e. The molecule has 0 aliphatic heterocycles. The molecule has 0 saturated heterocycles. The van der Waals surface area contributed by atoms with Gasteiger partial charge in [-0.2, -0.15) is 5.10 Å². The Kier molecular flexibility index (Phi) is 6.28. The van der Waals surface area contributed by atoms with Gasteiger partial charge in [0.05, 0.1) is 23.4 Å². The molecular weight excluding hydrogens is 351 g/mol. The second-order valence-electron chi connectivity index (χ2n) is 4.72. The molecule has 0 aromatic heterocycles. The molecule has 0 radical (unpaired) electrons. The molecule has 0 atom stereocenters. The molecule has 2 aromatic carbocycles. The molecule has 126 valence electrons. The number of guanidine groups is 1. The Labute approximate surface area is 149 Å². The Hall–Kier alpha value is -2.44. The topological polar surface area (TPSA) is 95.2 Å². The van der Waals surface area contributed by atoms with Crippen LogP contribution in [-0.4, -0.2) is 19.3 Å². The van der Waals surface area contributed by atoms with Gasteiger partial charge in [-0.05, 0) is 41.5 Å². The quantitative estimate of drug-likeness (QED) is 0.466. The molecule has 2 rings (SSSR count). The van der Waals surface area contributed by atoms with Crippen LogP contribution >= 0.6 is 23.2 Å². The summed E-state index contributed by atoms with van der Waals surface area (Å²) in [5.41, 5.74) is 12.1. The van der Waals surface area contributed by atoms with Gasteiger partial charge in [0.25, 0.3) is 0 Å². The highest BCUT2D eigenvalue weighted by atomic mass is 35.5. The smallest absolute Gasteiger partial charge is 0.211 e. The summed E-state index contributed by atoms with van der Waals surface area (Å²) in [6.07, 6.45) is 1.51. The van der Waals surface area contributed by atoms with Crippen molar-refractivity contribution in [3.05, 3.63) is 57.6 Å². The Morgan fingerprint density at radius 3 is 2.54 bits per heavy atom. The standard InChI is InChI=1S/C16H16Cl2N4O2/c1-23-14-5-3-10(8-21-22-16(19)20)7-15(14)24-9-11-2-4-12(17)13(18)6-11/h2-8H,9H2,1H3,(H4,19,20,22)/b21-8-. The molecule has 0 heterocycles. The maximum atomic E-state index is 6.00. The van der Waals surface area contributed by atoms with E-state index in [0.29, 0.717) is 28.2 Å². The van der Waals surface area contributed by atoms with Gasteiger partial charge in [0.1, 0.15) is 6.61 Å². The van der Waals surface area contributed by atoms with E-state index in [0.717, 1.165) is 11.1 Å². The van der Waals surface area contributed by atoms with Gasteiger partial charge >= 0.3 is 0 Å². The van der Waals surface area contributed by atoms with Crippen molar-refractivity contribution in [2.75, 3.05) is 7.11 Å². The predicted molar refractivity (Wildman–Crippen MR) is 97.2 cm³/mol. The number of nitrogens with two attached hydrogens (primary N) is 2. The third kappa shape index (κ3) is 5.04. The number of benzene rings is 2. The van der Waals surface area contributed by atoms with Crippen molar-refractivity contribution < 1.29 is 9.47 Å². The molecule has 0 spiro atoms. The largest absolute Gasteiger partial charge is 0.493 e. The molecule has 8 heteroatoms. The van der Waals surface area contributed by atoms with Crippen molar-refractivity contribution in [1.29, 1.82) is 0 Å². The Morgan fingerprint density at radius 2 is 1.88 bits per heavy atom. The first-order chi connectivity index (χ1) is 11.5. The zero-order valence-corrected chi connectivity index (χ0v) is 14.4. The molecule has 0 aliphatic rings. The molecular formula is C16H16Cl2N4O2. The lowest BCUT2D eigenvalue weighted by molar-refractivity contribution is 0.284. The third-order valence-electron chi connectivity index (χ3n) is 2.95. The van der Waals surface area contributed by atoms with Crippen molar-refractivity contribution in [2.45, 2.75) is 6.61 Å². The molecule has 4 N–H and O–H groups in total. The number of ether oxygens (including phenoxy) is 2. The van der Waals surface area contributed by atoms with Crippen molar-refractivity contribution in [3.8, 4) is 11.5 Å². The van der Waals surface area contributed by atoms with Gasteiger partial charge in [-0.25, -0.2) is 0 Å². The fourth-order valence-electron chi connectivity index (χ4n) is 1.84. The first kappa shape index (κ1) is 17.9. The van der Waals surface area contributed by atoms with E-state index in [9.17, 15) is 0 Å². The van der Waals surface area contributed by atoms with Crippen LogP contribution in [0, 0.1) is 0 Å². The Bertz CT molecular complexity index is 775. The zero-order chi connectivity index (χ0) is 17.5. The van der Waals surface area contributed by atoms with Gasteiger partial charge in [0, 0.05) is 0 Å². The van der Waals surface area contributed by atoms with Crippen LogP contribution in [0.25, 0.3) is 0 Å². The number of hydrogen-bond donors (Lipinski definition) is 2. The molecule has 0 fully saturated rings. The van der Waals surface area contributed by atoms with E-state index in [1.165, 1.54) is 6.21 Å². The lowest BCUT2D eigenvalue weighted by Crippen LogP contribution is -2.21. The lowest BCUT2D eigenvalue weighted by atomic mass is 10.2. The summed E-state index contributed by atoms with van der Waals surface area (Å²) in [5.74, 6) is 1.03. The van der Waals surface area contributed by atoms with Gasteiger partial charge in [0.15, 0.2) is 11.5 Å². The highest BCUT2D eigenvalue weighted by Crippen LogP contribution is 2.29. The number of nitrogens with zero attached hydrogens (tertiary/aromatic N) is 2.